The number of methoxy groups -OCH3 is 1. The van der Waals surface area contributed by atoms with Crippen LogP contribution >= 0.6 is 15.9 Å². The molecular weight excluding hydrogens is 234 g/mol. The van der Waals surface area contributed by atoms with Crippen molar-refractivity contribution in [1.29, 1.82) is 0 Å². The second-order valence-electron chi connectivity index (χ2n) is 2.59. The highest BCUT2D eigenvalue weighted by Gasteiger charge is 2.06. The van der Waals surface area contributed by atoms with E-state index in [1.165, 1.54) is 0 Å². The molecule has 0 aromatic carbocycles. The number of aromatic nitrogens is 2. The first-order valence-electron chi connectivity index (χ1n) is 3.69. The summed E-state index contributed by atoms with van der Waals surface area (Å²) in [7, 11) is 1.60. The number of nitrogens with two attached hydrogens (primary N) is 1. The molecule has 0 aliphatic rings. The molecule has 68 valence electrons. The van der Waals surface area contributed by atoms with Gasteiger partial charge in [-0.15, -0.1) is 0 Å². The SMILES string of the molecule is COc1cc(Br)cc2ncc(N)n12. The molecule has 2 rings (SSSR count). The summed E-state index contributed by atoms with van der Waals surface area (Å²) in [5.41, 5.74) is 6.48. The van der Waals surface area contributed by atoms with Crippen LogP contribution in [0.15, 0.2) is 22.8 Å². The van der Waals surface area contributed by atoms with E-state index in [9.17, 15) is 0 Å². The van der Waals surface area contributed by atoms with Crippen LogP contribution in [0.2, 0.25) is 0 Å². The summed E-state index contributed by atoms with van der Waals surface area (Å²) < 4.78 is 7.82. The number of nitrogens with zero attached hydrogens (tertiary/aromatic N) is 2. The Morgan fingerprint density at radius 1 is 1.54 bits per heavy atom. The fraction of sp³-hybridized carbons (Fsp3) is 0.125. The third-order valence-electron chi connectivity index (χ3n) is 1.77. The maximum absolute atomic E-state index is 5.71. The number of hydrogen-bond acceptors (Lipinski definition) is 3. The number of halogens is 1. The van der Waals surface area contributed by atoms with E-state index in [2.05, 4.69) is 20.9 Å². The lowest BCUT2D eigenvalue weighted by molar-refractivity contribution is 0.393. The van der Waals surface area contributed by atoms with Gasteiger partial charge in [0.25, 0.3) is 0 Å². The topological polar surface area (TPSA) is 52.5 Å². The maximum Gasteiger partial charge on any atom is 0.201 e. The molecule has 0 aliphatic carbocycles. The third-order valence-corrected chi connectivity index (χ3v) is 2.23. The molecule has 0 saturated carbocycles. The molecule has 0 saturated heterocycles. The second kappa shape index (κ2) is 2.92. The van der Waals surface area contributed by atoms with Crippen LogP contribution in [-0.4, -0.2) is 16.5 Å². The number of nitrogen functional groups attached to an aromatic ring is 1. The molecule has 0 spiro atoms. The Balaban J connectivity index is 2.85. The van der Waals surface area contributed by atoms with Crippen molar-refractivity contribution in [2.45, 2.75) is 0 Å². The smallest absolute Gasteiger partial charge is 0.201 e. The van der Waals surface area contributed by atoms with Crippen molar-refractivity contribution in [1.82, 2.24) is 9.38 Å². The van der Waals surface area contributed by atoms with Crippen molar-refractivity contribution in [3.8, 4) is 5.88 Å². The second-order valence-corrected chi connectivity index (χ2v) is 3.51. The van der Waals surface area contributed by atoms with Crippen molar-refractivity contribution in [2.24, 2.45) is 0 Å². The van der Waals surface area contributed by atoms with Crippen LogP contribution in [0.3, 0.4) is 0 Å². The molecule has 0 atom stereocenters. The van der Waals surface area contributed by atoms with Gasteiger partial charge in [0.05, 0.1) is 13.3 Å². The van der Waals surface area contributed by atoms with Gasteiger partial charge in [-0.25, -0.2) is 9.38 Å². The number of hydrogen-bond donors (Lipinski definition) is 1. The molecule has 2 aromatic rings. The summed E-state index contributed by atoms with van der Waals surface area (Å²) >= 11 is 3.36. The van der Waals surface area contributed by atoms with E-state index < -0.39 is 0 Å². The lowest BCUT2D eigenvalue weighted by Gasteiger charge is -2.05. The summed E-state index contributed by atoms with van der Waals surface area (Å²) in [6, 6.07) is 3.71. The van der Waals surface area contributed by atoms with E-state index in [0.717, 1.165) is 10.1 Å². The molecule has 0 aliphatic heterocycles. The van der Waals surface area contributed by atoms with Crippen LogP contribution in [0, 0.1) is 0 Å². The molecule has 0 fully saturated rings. The van der Waals surface area contributed by atoms with E-state index in [0.29, 0.717) is 11.7 Å². The molecular formula is C8H8BrN3O. The number of imidazole rings is 1. The lowest BCUT2D eigenvalue weighted by atomic mass is 10.4. The molecule has 2 heterocycles. The largest absolute Gasteiger partial charge is 0.482 e. The van der Waals surface area contributed by atoms with E-state index in [4.69, 9.17) is 10.5 Å². The number of anilines is 1. The Hall–Kier alpha value is -1.23. The molecule has 4 nitrogen and oxygen atoms in total. The van der Waals surface area contributed by atoms with Crippen molar-refractivity contribution < 1.29 is 4.74 Å². The van der Waals surface area contributed by atoms with Gasteiger partial charge in [0.15, 0.2) is 0 Å². The van der Waals surface area contributed by atoms with Gasteiger partial charge in [0.2, 0.25) is 5.88 Å². The fourth-order valence-electron chi connectivity index (χ4n) is 1.22. The van der Waals surface area contributed by atoms with E-state index in [1.54, 1.807) is 17.7 Å². The number of pyridine rings is 1. The van der Waals surface area contributed by atoms with E-state index in [-0.39, 0.29) is 0 Å². The maximum atomic E-state index is 5.71. The number of fused-ring (bicyclic) bond motifs is 1. The van der Waals surface area contributed by atoms with Crippen molar-refractivity contribution in [3.63, 3.8) is 0 Å². The van der Waals surface area contributed by atoms with Crippen LogP contribution in [0.1, 0.15) is 0 Å². The average Bonchev–Trinajstić information content (AvgIpc) is 2.46. The zero-order valence-electron chi connectivity index (χ0n) is 6.99. The Morgan fingerprint density at radius 3 is 3.00 bits per heavy atom. The predicted octanol–water partition coefficient (Wildman–Crippen LogP) is 1.69. The minimum Gasteiger partial charge on any atom is -0.482 e. The van der Waals surface area contributed by atoms with Gasteiger partial charge in [-0.05, 0) is 6.07 Å². The van der Waals surface area contributed by atoms with Crippen molar-refractivity contribution in [3.05, 3.63) is 22.8 Å². The Labute approximate surface area is 83.5 Å². The van der Waals surface area contributed by atoms with E-state index in [1.807, 2.05) is 12.1 Å². The van der Waals surface area contributed by atoms with Crippen LogP contribution in [-0.2, 0) is 0 Å². The van der Waals surface area contributed by atoms with Gasteiger partial charge in [0.1, 0.15) is 11.5 Å². The summed E-state index contributed by atoms with van der Waals surface area (Å²) in [6.45, 7) is 0. The molecule has 0 bridgehead atoms. The first-order valence-corrected chi connectivity index (χ1v) is 4.48. The van der Waals surface area contributed by atoms with E-state index >= 15 is 0 Å². The van der Waals surface area contributed by atoms with Crippen molar-refractivity contribution in [2.75, 3.05) is 12.8 Å². The van der Waals surface area contributed by atoms with Gasteiger partial charge in [0, 0.05) is 10.5 Å². The minimum absolute atomic E-state index is 0.569. The first-order chi connectivity index (χ1) is 6.22. The quantitative estimate of drug-likeness (QED) is 0.827. The van der Waals surface area contributed by atoms with Gasteiger partial charge in [-0.3, -0.25) is 0 Å². The summed E-state index contributed by atoms with van der Waals surface area (Å²) in [5, 5.41) is 0. The molecule has 0 unspecified atom stereocenters. The zero-order valence-corrected chi connectivity index (χ0v) is 8.58. The standard InChI is InChI=1S/C8H8BrN3O/c1-13-8-3-5(9)2-7-11-4-6(10)12(7)8/h2-4H,10H2,1H3. The van der Waals surface area contributed by atoms with Crippen LogP contribution in [0.4, 0.5) is 5.82 Å². The first kappa shape index (κ1) is 8.37. The Kier molecular flexibility index (Phi) is 1.88. The van der Waals surface area contributed by atoms with Crippen molar-refractivity contribution >= 4 is 27.4 Å². The fourth-order valence-corrected chi connectivity index (χ4v) is 1.62. The lowest BCUT2D eigenvalue weighted by Crippen LogP contribution is -1.97. The van der Waals surface area contributed by atoms with Gasteiger partial charge >= 0.3 is 0 Å². The third kappa shape index (κ3) is 1.25. The molecule has 5 heteroatoms. The average molecular weight is 242 g/mol. The highest BCUT2D eigenvalue weighted by atomic mass is 79.9. The highest BCUT2D eigenvalue weighted by Crippen LogP contribution is 2.23. The molecule has 2 aromatic heterocycles. The number of rotatable bonds is 1. The molecule has 2 N–H and O–H groups in total. The summed E-state index contributed by atoms with van der Waals surface area (Å²) in [6.07, 6.45) is 1.60. The van der Waals surface area contributed by atoms with Crippen LogP contribution in [0.5, 0.6) is 5.88 Å². The Morgan fingerprint density at radius 2 is 2.31 bits per heavy atom. The minimum atomic E-state index is 0.569. The van der Waals surface area contributed by atoms with Crippen LogP contribution < -0.4 is 10.5 Å². The van der Waals surface area contributed by atoms with Gasteiger partial charge in [-0.1, -0.05) is 15.9 Å². The Bertz CT molecular complexity index is 452. The highest BCUT2D eigenvalue weighted by molar-refractivity contribution is 9.10. The molecule has 13 heavy (non-hydrogen) atoms. The zero-order chi connectivity index (χ0) is 9.42. The number of ether oxygens (including phenoxy) is 1. The van der Waals surface area contributed by atoms with Gasteiger partial charge in [-0.2, -0.15) is 0 Å². The normalized spacial score (nSPS) is 10.6. The van der Waals surface area contributed by atoms with Gasteiger partial charge < -0.3 is 10.5 Å². The summed E-state index contributed by atoms with van der Waals surface area (Å²) in [5.74, 6) is 1.23. The molecule has 0 radical (unpaired) electrons. The summed E-state index contributed by atoms with van der Waals surface area (Å²) in [4.78, 5) is 4.12. The monoisotopic (exact) mass is 241 g/mol. The molecule has 0 amide bonds. The predicted molar refractivity (Wildman–Crippen MR) is 53.9 cm³/mol. The van der Waals surface area contributed by atoms with Crippen LogP contribution in [0.25, 0.3) is 5.65 Å².